The molecule has 1 N–H and O–H groups in total. The summed E-state index contributed by atoms with van der Waals surface area (Å²) in [5, 5.41) is 4.17. The maximum Gasteiger partial charge on any atom is 0.262 e. The van der Waals surface area contributed by atoms with Gasteiger partial charge in [0.15, 0.2) is 5.16 Å². The summed E-state index contributed by atoms with van der Waals surface area (Å²) in [6.45, 7) is 6.66. The molecule has 1 aromatic carbocycles. The van der Waals surface area contributed by atoms with E-state index in [-0.39, 0.29) is 22.8 Å². The van der Waals surface area contributed by atoms with Gasteiger partial charge >= 0.3 is 0 Å². The first-order chi connectivity index (χ1) is 13.5. The fourth-order valence-electron chi connectivity index (χ4n) is 3.72. The molecule has 3 rings (SSSR count). The van der Waals surface area contributed by atoms with E-state index in [0.717, 1.165) is 12.8 Å². The highest BCUT2D eigenvalue weighted by Gasteiger charge is 2.22. The van der Waals surface area contributed by atoms with Crippen LogP contribution in [0.1, 0.15) is 59.3 Å². The second kappa shape index (κ2) is 9.59. The van der Waals surface area contributed by atoms with Gasteiger partial charge in [-0.15, -0.1) is 0 Å². The largest absolute Gasteiger partial charge is 0.352 e. The number of nitrogens with one attached hydrogen (secondary N) is 1. The van der Waals surface area contributed by atoms with E-state index in [9.17, 15) is 9.59 Å². The Morgan fingerprint density at radius 3 is 2.54 bits per heavy atom. The Labute approximate surface area is 171 Å². The summed E-state index contributed by atoms with van der Waals surface area (Å²) in [6, 6.07) is 7.70. The number of hydrogen-bond donors (Lipinski definition) is 1. The maximum absolute atomic E-state index is 13.0. The lowest BCUT2D eigenvalue weighted by atomic mass is 10.1. The molecule has 1 aliphatic rings. The van der Waals surface area contributed by atoms with Crippen LogP contribution in [0.25, 0.3) is 10.9 Å². The number of rotatable bonds is 6. The zero-order chi connectivity index (χ0) is 20.1. The van der Waals surface area contributed by atoms with Gasteiger partial charge in [-0.1, -0.05) is 63.4 Å². The topological polar surface area (TPSA) is 64.0 Å². The second-order valence-corrected chi connectivity index (χ2v) is 9.49. The lowest BCUT2D eigenvalue weighted by Gasteiger charge is -2.20. The van der Waals surface area contributed by atoms with Crippen LogP contribution >= 0.6 is 11.8 Å². The molecule has 5 nitrogen and oxygen atoms in total. The van der Waals surface area contributed by atoms with E-state index >= 15 is 0 Å². The predicted molar refractivity (Wildman–Crippen MR) is 116 cm³/mol. The van der Waals surface area contributed by atoms with E-state index in [0.29, 0.717) is 28.5 Å². The Morgan fingerprint density at radius 2 is 1.86 bits per heavy atom. The van der Waals surface area contributed by atoms with E-state index < -0.39 is 0 Å². The number of fused-ring (bicyclic) bond motifs is 1. The lowest BCUT2D eigenvalue weighted by Crippen LogP contribution is -2.39. The van der Waals surface area contributed by atoms with Gasteiger partial charge in [0, 0.05) is 12.6 Å². The number of thioether (sulfide) groups is 1. The highest BCUT2D eigenvalue weighted by atomic mass is 32.2. The summed E-state index contributed by atoms with van der Waals surface area (Å²) in [4.78, 5) is 30.5. The molecular weight excluding hydrogens is 370 g/mol. The summed E-state index contributed by atoms with van der Waals surface area (Å²) >= 11 is 1.38. The third-order valence-electron chi connectivity index (χ3n) is 5.23. The molecule has 1 fully saturated rings. The number of aromatic nitrogens is 2. The van der Waals surface area contributed by atoms with Gasteiger partial charge in [0.2, 0.25) is 5.91 Å². The SMILES string of the molecule is CC(C)Cn1c(S[C@H](C)C(=O)NC2CCCCCC2)nc2ccccc2c1=O. The molecule has 1 aromatic heterocycles. The Balaban J connectivity index is 1.81. The number of benzene rings is 1. The van der Waals surface area contributed by atoms with Crippen LogP contribution in [0.4, 0.5) is 0 Å². The molecule has 0 unspecified atom stereocenters. The van der Waals surface area contributed by atoms with Crippen molar-refractivity contribution in [3.8, 4) is 0 Å². The molecule has 1 saturated carbocycles. The summed E-state index contributed by atoms with van der Waals surface area (Å²) < 4.78 is 1.73. The van der Waals surface area contributed by atoms with Crippen LogP contribution in [0.3, 0.4) is 0 Å². The summed E-state index contributed by atoms with van der Waals surface area (Å²) in [7, 11) is 0. The number of carbonyl (C=O) groups is 1. The summed E-state index contributed by atoms with van der Waals surface area (Å²) in [5.74, 6) is 0.352. The van der Waals surface area contributed by atoms with Gasteiger partial charge in [-0.05, 0) is 37.8 Å². The maximum atomic E-state index is 13.0. The van der Waals surface area contributed by atoms with Crippen LogP contribution in [-0.4, -0.2) is 26.8 Å². The molecule has 0 radical (unpaired) electrons. The molecule has 28 heavy (non-hydrogen) atoms. The average Bonchev–Trinajstić information content (AvgIpc) is 2.93. The number of amides is 1. The summed E-state index contributed by atoms with van der Waals surface area (Å²) in [5.41, 5.74) is 0.657. The quantitative estimate of drug-likeness (QED) is 0.443. The number of para-hydroxylation sites is 1. The van der Waals surface area contributed by atoms with Crippen molar-refractivity contribution in [2.45, 2.75) is 82.3 Å². The van der Waals surface area contributed by atoms with Gasteiger partial charge in [-0.25, -0.2) is 4.98 Å². The van der Waals surface area contributed by atoms with E-state index in [1.54, 1.807) is 4.57 Å². The number of hydrogen-bond acceptors (Lipinski definition) is 4. The van der Waals surface area contributed by atoms with Crippen LogP contribution in [0.2, 0.25) is 0 Å². The van der Waals surface area contributed by atoms with Crippen LogP contribution in [0, 0.1) is 5.92 Å². The van der Waals surface area contributed by atoms with E-state index in [1.165, 1.54) is 37.4 Å². The molecule has 1 heterocycles. The molecule has 1 atom stereocenters. The number of carbonyl (C=O) groups excluding carboxylic acids is 1. The highest BCUT2D eigenvalue weighted by Crippen LogP contribution is 2.24. The minimum absolute atomic E-state index is 0.0295. The van der Waals surface area contributed by atoms with Crippen LogP contribution in [-0.2, 0) is 11.3 Å². The molecule has 0 spiro atoms. The van der Waals surface area contributed by atoms with Crippen molar-refractivity contribution in [3.05, 3.63) is 34.6 Å². The third-order valence-corrected chi connectivity index (χ3v) is 6.32. The van der Waals surface area contributed by atoms with Gasteiger partial charge in [0.25, 0.3) is 5.56 Å². The van der Waals surface area contributed by atoms with Crippen molar-refractivity contribution in [2.24, 2.45) is 5.92 Å². The smallest absolute Gasteiger partial charge is 0.262 e. The molecule has 0 bridgehead atoms. The predicted octanol–water partition coefficient (Wildman–Crippen LogP) is 4.37. The second-order valence-electron chi connectivity index (χ2n) is 8.18. The Kier molecular flexibility index (Phi) is 7.16. The van der Waals surface area contributed by atoms with Crippen molar-refractivity contribution in [1.82, 2.24) is 14.9 Å². The van der Waals surface area contributed by atoms with Crippen molar-refractivity contribution >= 4 is 28.6 Å². The van der Waals surface area contributed by atoms with Crippen molar-refractivity contribution in [2.75, 3.05) is 0 Å². The van der Waals surface area contributed by atoms with E-state index in [2.05, 4.69) is 19.2 Å². The molecule has 0 aliphatic heterocycles. The fraction of sp³-hybridized carbons (Fsp3) is 0.591. The highest BCUT2D eigenvalue weighted by molar-refractivity contribution is 8.00. The van der Waals surface area contributed by atoms with Crippen LogP contribution in [0.5, 0.6) is 0 Å². The Hall–Kier alpha value is -1.82. The molecule has 6 heteroatoms. The minimum atomic E-state index is -0.297. The third kappa shape index (κ3) is 5.16. The molecule has 2 aromatic rings. The average molecular weight is 402 g/mol. The molecule has 1 amide bonds. The fourth-order valence-corrected chi connectivity index (χ4v) is 4.64. The Bertz CT molecular complexity index is 870. The standard InChI is InChI=1S/C22H31N3O2S/c1-15(2)14-25-21(27)18-12-8-9-13-19(18)24-22(25)28-16(3)20(26)23-17-10-6-4-5-7-11-17/h8-9,12-13,15-17H,4-7,10-11,14H2,1-3H3,(H,23,26)/t16-/m1/s1. The van der Waals surface area contributed by atoms with Gasteiger partial charge in [-0.2, -0.15) is 0 Å². The van der Waals surface area contributed by atoms with Gasteiger partial charge < -0.3 is 5.32 Å². The van der Waals surface area contributed by atoms with Crippen molar-refractivity contribution in [3.63, 3.8) is 0 Å². The van der Waals surface area contributed by atoms with Gasteiger partial charge in [0.1, 0.15) is 0 Å². The first kappa shape index (κ1) is 20.9. The van der Waals surface area contributed by atoms with Crippen molar-refractivity contribution < 1.29 is 4.79 Å². The normalized spacial score (nSPS) is 16.9. The molecular formula is C22H31N3O2S. The van der Waals surface area contributed by atoms with Crippen molar-refractivity contribution in [1.29, 1.82) is 0 Å². The molecule has 0 saturated heterocycles. The van der Waals surface area contributed by atoms with Gasteiger partial charge in [-0.3, -0.25) is 14.2 Å². The minimum Gasteiger partial charge on any atom is -0.352 e. The van der Waals surface area contributed by atoms with E-state index in [4.69, 9.17) is 4.98 Å². The number of nitrogens with zero attached hydrogens (tertiary/aromatic N) is 2. The zero-order valence-corrected chi connectivity index (χ0v) is 17.9. The zero-order valence-electron chi connectivity index (χ0n) is 17.1. The van der Waals surface area contributed by atoms with Crippen LogP contribution in [0.15, 0.2) is 34.2 Å². The first-order valence-corrected chi connectivity index (χ1v) is 11.3. The Morgan fingerprint density at radius 1 is 1.18 bits per heavy atom. The molecule has 1 aliphatic carbocycles. The van der Waals surface area contributed by atoms with Crippen LogP contribution < -0.4 is 10.9 Å². The first-order valence-electron chi connectivity index (χ1n) is 10.4. The van der Waals surface area contributed by atoms with E-state index in [1.807, 2.05) is 31.2 Å². The summed E-state index contributed by atoms with van der Waals surface area (Å²) in [6.07, 6.45) is 7.03. The lowest BCUT2D eigenvalue weighted by molar-refractivity contribution is -0.121. The monoisotopic (exact) mass is 401 g/mol. The van der Waals surface area contributed by atoms with Gasteiger partial charge in [0.05, 0.1) is 16.2 Å². The molecule has 152 valence electrons.